The molecule has 106 valence electrons. The van der Waals surface area contributed by atoms with Crippen molar-refractivity contribution < 1.29 is 4.74 Å². The minimum atomic E-state index is 0.225. The van der Waals surface area contributed by atoms with Gasteiger partial charge in [0.25, 0.3) is 0 Å². The normalized spacial score (nSPS) is 20.7. The van der Waals surface area contributed by atoms with Gasteiger partial charge in [-0.05, 0) is 43.4 Å². The van der Waals surface area contributed by atoms with Crippen molar-refractivity contribution in [1.29, 1.82) is 0 Å². The van der Waals surface area contributed by atoms with Gasteiger partial charge in [0.2, 0.25) is 0 Å². The highest BCUT2D eigenvalue weighted by Crippen LogP contribution is 2.30. The molecule has 1 aromatic rings. The summed E-state index contributed by atoms with van der Waals surface area (Å²) in [7, 11) is 0. The van der Waals surface area contributed by atoms with Crippen LogP contribution in [0.25, 0.3) is 0 Å². The zero-order valence-electron chi connectivity index (χ0n) is 11.4. The van der Waals surface area contributed by atoms with Gasteiger partial charge in [-0.3, -0.25) is 0 Å². The molecule has 4 heteroatoms. The highest BCUT2D eigenvalue weighted by Gasteiger charge is 2.17. The first-order valence-electron chi connectivity index (χ1n) is 6.97. The molecule has 0 aliphatic carbocycles. The molecule has 1 heterocycles. The number of hydrogen-bond acceptors (Lipinski definition) is 3. The fourth-order valence-corrected chi connectivity index (χ4v) is 3.63. The highest BCUT2D eigenvalue weighted by atomic mass is 35.5. The Hall–Kier alpha value is -0.220. The Morgan fingerprint density at radius 3 is 3.05 bits per heavy atom. The third kappa shape index (κ3) is 4.67. The van der Waals surface area contributed by atoms with Crippen LogP contribution in [0.5, 0.6) is 0 Å². The smallest absolute Gasteiger partial charge is 0.0669 e. The Morgan fingerprint density at radius 1 is 1.53 bits per heavy atom. The summed E-state index contributed by atoms with van der Waals surface area (Å²) in [5.41, 5.74) is 7.37. The van der Waals surface area contributed by atoms with Gasteiger partial charge in [-0.1, -0.05) is 24.6 Å². The summed E-state index contributed by atoms with van der Waals surface area (Å²) in [4.78, 5) is 1.26. The van der Waals surface area contributed by atoms with E-state index in [2.05, 4.69) is 19.1 Å². The van der Waals surface area contributed by atoms with Crippen molar-refractivity contribution in [3.63, 3.8) is 0 Å². The fourth-order valence-electron chi connectivity index (χ4n) is 2.22. The van der Waals surface area contributed by atoms with Gasteiger partial charge < -0.3 is 10.5 Å². The third-order valence-electron chi connectivity index (χ3n) is 3.48. The number of hydrogen-bond donors (Lipinski definition) is 1. The molecule has 0 saturated carbocycles. The molecular weight excluding hydrogens is 278 g/mol. The van der Waals surface area contributed by atoms with E-state index in [0.29, 0.717) is 6.10 Å². The van der Waals surface area contributed by atoms with Crippen LogP contribution in [0.3, 0.4) is 0 Å². The average Bonchev–Trinajstić information content (AvgIpc) is 2.92. The van der Waals surface area contributed by atoms with Crippen molar-refractivity contribution in [2.24, 2.45) is 5.73 Å². The molecule has 0 bridgehead atoms. The van der Waals surface area contributed by atoms with Gasteiger partial charge in [0.15, 0.2) is 0 Å². The first kappa shape index (κ1) is 15.2. The van der Waals surface area contributed by atoms with Gasteiger partial charge in [0.1, 0.15) is 0 Å². The summed E-state index contributed by atoms with van der Waals surface area (Å²) in [6, 6.07) is 6.34. The molecule has 0 radical (unpaired) electrons. The maximum absolute atomic E-state index is 6.11. The van der Waals surface area contributed by atoms with Crippen LogP contribution in [-0.2, 0) is 11.2 Å². The van der Waals surface area contributed by atoms with Crippen molar-refractivity contribution >= 4 is 23.4 Å². The lowest BCUT2D eigenvalue weighted by molar-refractivity contribution is 0.129. The molecule has 0 spiro atoms. The van der Waals surface area contributed by atoms with E-state index in [4.69, 9.17) is 22.1 Å². The second-order valence-electron chi connectivity index (χ2n) is 5.07. The first-order chi connectivity index (χ1) is 9.19. The van der Waals surface area contributed by atoms with Crippen molar-refractivity contribution in [2.75, 3.05) is 12.4 Å². The lowest BCUT2D eigenvalue weighted by Crippen LogP contribution is -2.21. The molecule has 1 fully saturated rings. The van der Waals surface area contributed by atoms with Crippen LogP contribution < -0.4 is 5.73 Å². The molecule has 1 aliphatic rings. The standard InChI is InChI=1S/C15H22ClNOS/c1-2-13(17)8-11-5-6-12(16)9-15(11)19-10-14-4-3-7-18-14/h5-6,9,13-14H,2-4,7-8,10,17H2,1H3. The number of ether oxygens (including phenoxy) is 1. The molecule has 0 amide bonds. The second kappa shape index (κ2) is 7.53. The Morgan fingerprint density at radius 2 is 2.37 bits per heavy atom. The monoisotopic (exact) mass is 299 g/mol. The average molecular weight is 300 g/mol. The minimum Gasteiger partial charge on any atom is -0.377 e. The van der Waals surface area contributed by atoms with E-state index in [0.717, 1.165) is 30.2 Å². The van der Waals surface area contributed by atoms with E-state index in [-0.39, 0.29) is 6.04 Å². The maximum atomic E-state index is 6.11. The van der Waals surface area contributed by atoms with Gasteiger partial charge in [-0.15, -0.1) is 11.8 Å². The summed E-state index contributed by atoms with van der Waals surface area (Å²) in [5, 5.41) is 0.795. The molecular formula is C15H22ClNOS. The fraction of sp³-hybridized carbons (Fsp3) is 0.600. The Labute approximate surface area is 125 Å². The zero-order chi connectivity index (χ0) is 13.7. The second-order valence-corrected chi connectivity index (χ2v) is 6.57. The Balaban J connectivity index is 2.01. The predicted molar refractivity (Wildman–Crippen MR) is 83.1 cm³/mol. The van der Waals surface area contributed by atoms with Crippen molar-refractivity contribution in [3.8, 4) is 0 Å². The maximum Gasteiger partial charge on any atom is 0.0669 e. The molecule has 19 heavy (non-hydrogen) atoms. The van der Waals surface area contributed by atoms with Crippen molar-refractivity contribution in [1.82, 2.24) is 0 Å². The third-order valence-corrected chi connectivity index (χ3v) is 4.95. The summed E-state index contributed by atoms with van der Waals surface area (Å²) in [6.45, 7) is 3.04. The molecule has 2 nitrogen and oxygen atoms in total. The van der Waals surface area contributed by atoms with Crippen LogP contribution in [-0.4, -0.2) is 24.5 Å². The highest BCUT2D eigenvalue weighted by molar-refractivity contribution is 7.99. The van der Waals surface area contributed by atoms with Crippen LogP contribution >= 0.6 is 23.4 Å². The van der Waals surface area contributed by atoms with E-state index in [1.807, 2.05) is 17.8 Å². The summed E-state index contributed by atoms with van der Waals surface area (Å²) < 4.78 is 5.67. The van der Waals surface area contributed by atoms with Crippen LogP contribution in [0.15, 0.2) is 23.1 Å². The zero-order valence-corrected chi connectivity index (χ0v) is 13.0. The molecule has 1 saturated heterocycles. The van der Waals surface area contributed by atoms with E-state index < -0.39 is 0 Å². The van der Waals surface area contributed by atoms with Gasteiger partial charge in [0.05, 0.1) is 6.10 Å². The van der Waals surface area contributed by atoms with Crippen LogP contribution in [0.1, 0.15) is 31.7 Å². The van der Waals surface area contributed by atoms with E-state index >= 15 is 0 Å². The van der Waals surface area contributed by atoms with Crippen LogP contribution in [0.4, 0.5) is 0 Å². The van der Waals surface area contributed by atoms with Gasteiger partial charge >= 0.3 is 0 Å². The lowest BCUT2D eigenvalue weighted by Gasteiger charge is -2.15. The van der Waals surface area contributed by atoms with E-state index in [9.17, 15) is 0 Å². The van der Waals surface area contributed by atoms with Crippen molar-refractivity contribution in [3.05, 3.63) is 28.8 Å². The number of nitrogens with two attached hydrogens (primary N) is 1. The van der Waals surface area contributed by atoms with Crippen LogP contribution in [0.2, 0.25) is 5.02 Å². The van der Waals surface area contributed by atoms with Gasteiger partial charge in [-0.25, -0.2) is 0 Å². The molecule has 1 aliphatic heterocycles. The molecule has 0 aromatic heterocycles. The molecule has 2 unspecified atom stereocenters. The number of rotatable bonds is 6. The Kier molecular flexibility index (Phi) is 6.02. The first-order valence-corrected chi connectivity index (χ1v) is 8.33. The van der Waals surface area contributed by atoms with Crippen LogP contribution in [0, 0.1) is 0 Å². The predicted octanol–water partition coefficient (Wildman–Crippen LogP) is 3.89. The molecule has 2 atom stereocenters. The molecule has 1 aromatic carbocycles. The summed E-state index contributed by atoms with van der Waals surface area (Å²) >= 11 is 7.95. The lowest BCUT2D eigenvalue weighted by atomic mass is 10.1. The van der Waals surface area contributed by atoms with Crippen molar-refractivity contribution in [2.45, 2.75) is 49.6 Å². The number of thioether (sulfide) groups is 1. The SMILES string of the molecule is CCC(N)Cc1ccc(Cl)cc1SCC1CCCO1. The molecule has 2 N–H and O–H groups in total. The summed E-state index contributed by atoms with van der Waals surface area (Å²) in [5.74, 6) is 1.01. The quantitative estimate of drug-likeness (QED) is 0.809. The van der Waals surface area contributed by atoms with E-state index in [1.54, 1.807) is 0 Å². The largest absolute Gasteiger partial charge is 0.377 e. The summed E-state index contributed by atoms with van der Waals surface area (Å²) in [6.07, 6.45) is 4.68. The number of benzene rings is 1. The minimum absolute atomic E-state index is 0.225. The topological polar surface area (TPSA) is 35.2 Å². The Bertz CT molecular complexity index is 407. The number of halogens is 1. The molecule has 2 rings (SSSR count). The van der Waals surface area contributed by atoms with Gasteiger partial charge in [-0.2, -0.15) is 0 Å². The van der Waals surface area contributed by atoms with Gasteiger partial charge in [0, 0.05) is 28.3 Å². The van der Waals surface area contributed by atoms with E-state index in [1.165, 1.54) is 23.3 Å².